The van der Waals surface area contributed by atoms with E-state index in [1.807, 2.05) is 30.3 Å². The fourth-order valence-electron chi connectivity index (χ4n) is 3.68. The standard InChI is InChI=1S/C27H29ClFN3O4S/c1-31(37(2,35)36)19-26(33)32(18-21-12-14-23(29)15-13-21)25(16-20-8-4-3-5-9-20)27(34)30-17-22-10-6-7-11-24(22)28/h3-15,25H,16-19H2,1-2H3,(H,30,34)/t25-/m0/s1. The van der Waals surface area contributed by atoms with Crippen LogP contribution in [-0.4, -0.2) is 55.3 Å². The first-order chi connectivity index (χ1) is 17.5. The van der Waals surface area contributed by atoms with Crippen molar-refractivity contribution in [3.8, 4) is 0 Å². The van der Waals surface area contributed by atoms with Crippen molar-refractivity contribution in [2.75, 3.05) is 19.8 Å². The van der Waals surface area contributed by atoms with Crippen molar-refractivity contribution in [1.82, 2.24) is 14.5 Å². The van der Waals surface area contributed by atoms with Gasteiger partial charge in [-0.1, -0.05) is 72.3 Å². The van der Waals surface area contributed by atoms with Crippen LogP contribution in [0.25, 0.3) is 0 Å². The normalized spacial score (nSPS) is 12.2. The Morgan fingerprint density at radius 3 is 2.19 bits per heavy atom. The lowest BCUT2D eigenvalue weighted by Crippen LogP contribution is -2.52. The van der Waals surface area contributed by atoms with Crippen molar-refractivity contribution < 1.29 is 22.4 Å². The highest BCUT2D eigenvalue weighted by atomic mass is 35.5. The molecule has 0 aliphatic rings. The molecule has 3 aromatic carbocycles. The summed E-state index contributed by atoms with van der Waals surface area (Å²) >= 11 is 6.24. The molecule has 3 aromatic rings. The molecule has 10 heteroatoms. The molecule has 7 nitrogen and oxygen atoms in total. The van der Waals surface area contributed by atoms with Crippen LogP contribution in [0.2, 0.25) is 5.02 Å². The van der Waals surface area contributed by atoms with E-state index in [1.54, 1.807) is 24.3 Å². The number of carbonyl (C=O) groups excluding carboxylic acids is 2. The zero-order valence-electron chi connectivity index (χ0n) is 20.6. The summed E-state index contributed by atoms with van der Waals surface area (Å²) in [5.41, 5.74) is 2.12. The Morgan fingerprint density at radius 2 is 1.57 bits per heavy atom. The van der Waals surface area contributed by atoms with Crippen molar-refractivity contribution in [1.29, 1.82) is 0 Å². The Labute approximate surface area is 221 Å². The molecule has 0 aliphatic carbocycles. The molecular weight excluding hydrogens is 517 g/mol. The summed E-state index contributed by atoms with van der Waals surface area (Å²) < 4.78 is 38.4. The maximum Gasteiger partial charge on any atom is 0.243 e. The van der Waals surface area contributed by atoms with Crippen LogP contribution in [0.1, 0.15) is 16.7 Å². The maximum absolute atomic E-state index is 13.6. The summed E-state index contributed by atoms with van der Waals surface area (Å²) in [6.07, 6.45) is 1.19. The number of nitrogens with zero attached hydrogens (tertiary/aromatic N) is 2. The SMILES string of the molecule is CN(CC(=O)N(Cc1ccc(F)cc1)[C@@H](Cc1ccccc1)C(=O)NCc1ccccc1Cl)S(C)(=O)=O. The van der Waals surface area contributed by atoms with E-state index in [2.05, 4.69) is 5.32 Å². The van der Waals surface area contributed by atoms with Crippen LogP contribution in [0.15, 0.2) is 78.9 Å². The summed E-state index contributed by atoms with van der Waals surface area (Å²) in [4.78, 5) is 28.4. The molecule has 0 radical (unpaired) electrons. The van der Waals surface area contributed by atoms with Gasteiger partial charge in [0.1, 0.15) is 11.9 Å². The molecule has 0 aromatic heterocycles. The second-order valence-electron chi connectivity index (χ2n) is 8.68. The van der Waals surface area contributed by atoms with E-state index >= 15 is 0 Å². The minimum Gasteiger partial charge on any atom is -0.350 e. The first kappa shape index (κ1) is 28.3. The average Bonchev–Trinajstić information content (AvgIpc) is 2.86. The molecule has 0 bridgehead atoms. The Bertz CT molecular complexity index is 1320. The summed E-state index contributed by atoms with van der Waals surface area (Å²) in [6, 6.07) is 20.9. The van der Waals surface area contributed by atoms with E-state index in [1.165, 1.54) is 36.2 Å². The van der Waals surface area contributed by atoms with Crippen molar-refractivity contribution in [3.05, 3.63) is 106 Å². The molecule has 37 heavy (non-hydrogen) atoms. The van der Waals surface area contributed by atoms with Crippen molar-refractivity contribution in [2.24, 2.45) is 0 Å². The highest BCUT2D eigenvalue weighted by molar-refractivity contribution is 7.88. The largest absolute Gasteiger partial charge is 0.350 e. The van der Waals surface area contributed by atoms with Gasteiger partial charge in [0.15, 0.2) is 0 Å². The predicted molar refractivity (Wildman–Crippen MR) is 142 cm³/mol. The second kappa shape index (κ2) is 12.8. The van der Waals surface area contributed by atoms with Crippen molar-refractivity contribution in [3.63, 3.8) is 0 Å². The molecule has 2 amide bonds. The number of likely N-dealkylation sites (N-methyl/N-ethyl adjacent to an activating group) is 1. The number of amides is 2. The zero-order valence-corrected chi connectivity index (χ0v) is 22.2. The third kappa shape index (κ3) is 8.38. The van der Waals surface area contributed by atoms with E-state index in [9.17, 15) is 22.4 Å². The summed E-state index contributed by atoms with van der Waals surface area (Å²) in [6.45, 7) is -0.331. The van der Waals surface area contributed by atoms with Gasteiger partial charge in [-0.05, 0) is 34.9 Å². The molecular formula is C27H29ClFN3O4S. The molecule has 1 N–H and O–H groups in total. The van der Waals surface area contributed by atoms with Crippen LogP contribution in [0.5, 0.6) is 0 Å². The van der Waals surface area contributed by atoms with Crippen LogP contribution in [0.4, 0.5) is 4.39 Å². The van der Waals surface area contributed by atoms with Crippen LogP contribution >= 0.6 is 11.6 Å². The molecule has 0 heterocycles. The first-order valence-corrected chi connectivity index (χ1v) is 13.8. The molecule has 0 aliphatic heterocycles. The Balaban J connectivity index is 1.95. The number of halogens is 2. The Kier molecular flexibility index (Phi) is 9.79. The molecule has 0 fully saturated rings. The van der Waals surface area contributed by atoms with Crippen LogP contribution in [-0.2, 0) is 39.1 Å². The smallest absolute Gasteiger partial charge is 0.243 e. The highest BCUT2D eigenvalue weighted by Gasteiger charge is 2.32. The first-order valence-electron chi connectivity index (χ1n) is 11.5. The Hall–Kier alpha value is -3.27. The van der Waals surface area contributed by atoms with Gasteiger partial charge in [-0.2, -0.15) is 4.31 Å². The number of benzene rings is 3. The quantitative estimate of drug-likeness (QED) is 0.399. The summed E-state index contributed by atoms with van der Waals surface area (Å²) in [7, 11) is -2.35. The van der Waals surface area contributed by atoms with Crippen molar-refractivity contribution >= 4 is 33.4 Å². The van der Waals surface area contributed by atoms with Gasteiger partial charge >= 0.3 is 0 Å². The number of nitrogens with one attached hydrogen (secondary N) is 1. The molecule has 0 spiro atoms. The maximum atomic E-state index is 13.6. The van der Waals surface area contributed by atoms with E-state index < -0.39 is 40.2 Å². The topological polar surface area (TPSA) is 86.8 Å². The molecule has 1 atom stereocenters. The molecule has 0 saturated carbocycles. The molecule has 0 saturated heterocycles. The van der Waals surface area contributed by atoms with Gasteiger partial charge in [0.05, 0.1) is 12.8 Å². The van der Waals surface area contributed by atoms with Gasteiger partial charge in [0.2, 0.25) is 21.8 Å². The summed E-state index contributed by atoms with van der Waals surface area (Å²) in [5.74, 6) is -1.43. The Morgan fingerprint density at radius 1 is 0.946 bits per heavy atom. The van der Waals surface area contributed by atoms with Gasteiger partial charge in [0, 0.05) is 31.6 Å². The highest BCUT2D eigenvalue weighted by Crippen LogP contribution is 2.18. The minimum absolute atomic E-state index is 0.0201. The van der Waals surface area contributed by atoms with Gasteiger partial charge in [-0.25, -0.2) is 12.8 Å². The monoisotopic (exact) mass is 545 g/mol. The number of rotatable bonds is 11. The number of hydrogen-bond donors (Lipinski definition) is 1. The zero-order chi connectivity index (χ0) is 27.0. The number of hydrogen-bond acceptors (Lipinski definition) is 4. The van der Waals surface area contributed by atoms with Crippen LogP contribution < -0.4 is 5.32 Å². The lowest BCUT2D eigenvalue weighted by molar-refractivity contribution is -0.141. The fourth-order valence-corrected chi connectivity index (χ4v) is 4.23. The van der Waals surface area contributed by atoms with Gasteiger partial charge in [-0.3, -0.25) is 9.59 Å². The van der Waals surface area contributed by atoms with Gasteiger partial charge in [0.25, 0.3) is 0 Å². The lowest BCUT2D eigenvalue weighted by Gasteiger charge is -2.32. The van der Waals surface area contributed by atoms with E-state index in [0.717, 1.165) is 16.1 Å². The number of sulfonamides is 1. The third-order valence-corrected chi connectivity index (χ3v) is 7.50. The van der Waals surface area contributed by atoms with Crippen LogP contribution in [0.3, 0.4) is 0 Å². The third-order valence-electron chi connectivity index (χ3n) is 5.87. The number of carbonyl (C=O) groups is 2. The average molecular weight is 546 g/mol. The van der Waals surface area contributed by atoms with Crippen molar-refractivity contribution in [2.45, 2.75) is 25.6 Å². The lowest BCUT2D eigenvalue weighted by atomic mass is 10.0. The second-order valence-corrected chi connectivity index (χ2v) is 11.2. The molecule has 3 rings (SSSR count). The van der Waals surface area contributed by atoms with E-state index in [-0.39, 0.29) is 19.5 Å². The minimum atomic E-state index is -3.64. The van der Waals surface area contributed by atoms with Gasteiger partial charge < -0.3 is 10.2 Å². The van der Waals surface area contributed by atoms with Gasteiger partial charge in [-0.15, -0.1) is 0 Å². The fraction of sp³-hybridized carbons (Fsp3) is 0.259. The van der Waals surface area contributed by atoms with Crippen LogP contribution in [0, 0.1) is 5.82 Å². The molecule has 0 unspecified atom stereocenters. The predicted octanol–water partition coefficient (Wildman–Crippen LogP) is 3.63. The van der Waals surface area contributed by atoms with E-state index in [4.69, 9.17) is 11.6 Å². The summed E-state index contributed by atoms with van der Waals surface area (Å²) in [5, 5.41) is 3.36. The van der Waals surface area contributed by atoms with E-state index in [0.29, 0.717) is 16.1 Å². The molecule has 196 valence electrons.